The number of likely N-dealkylation sites (tertiary alicyclic amines) is 1. The van der Waals surface area contributed by atoms with E-state index >= 15 is 0 Å². The number of alkyl halides is 2. The van der Waals surface area contributed by atoms with Gasteiger partial charge in [-0.2, -0.15) is 5.26 Å². The summed E-state index contributed by atoms with van der Waals surface area (Å²) >= 11 is 0. The minimum atomic E-state index is -2.96. The summed E-state index contributed by atoms with van der Waals surface area (Å²) in [5.41, 5.74) is 1.62. The third-order valence-electron chi connectivity index (χ3n) is 5.64. The largest absolute Gasteiger partial charge is 0.362 e. The number of nitriles is 1. The number of carbonyl (C=O) groups is 1. The lowest BCUT2D eigenvalue weighted by atomic mass is 10.00. The fraction of sp³-hybridized carbons (Fsp3) is 0.500. The Balaban J connectivity index is 1.59. The van der Waals surface area contributed by atoms with Crippen molar-refractivity contribution in [2.75, 3.05) is 31.1 Å². The molecule has 0 saturated carbocycles. The smallest absolute Gasteiger partial charge is 0.267 e. The molecule has 2 aliphatic heterocycles. The van der Waals surface area contributed by atoms with E-state index in [0.29, 0.717) is 22.3 Å². The minimum absolute atomic E-state index is 0.225. The molecule has 0 radical (unpaired) electrons. The van der Waals surface area contributed by atoms with Crippen molar-refractivity contribution >= 4 is 22.6 Å². The molecule has 2 saturated heterocycles. The molecule has 1 amide bonds. The molecule has 3 heterocycles. The number of carbonyl (C=O) groups excluding carboxylic acids is 1. The molecule has 1 aromatic carbocycles. The third-order valence-corrected chi connectivity index (χ3v) is 5.64. The van der Waals surface area contributed by atoms with Crippen molar-refractivity contribution in [1.29, 1.82) is 5.26 Å². The van der Waals surface area contributed by atoms with Crippen molar-refractivity contribution in [2.24, 2.45) is 0 Å². The SMILES string of the molecule is CC(C(=O)N[C@H]1CN(c2ccc(C#N)c3nccnc23)CC(F)(F)C1)N1CCC1. The number of nitrogens with one attached hydrogen (secondary N) is 1. The van der Waals surface area contributed by atoms with Crippen LogP contribution >= 0.6 is 0 Å². The first kappa shape index (κ1) is 19.5. The van der Waals surface area contributed by atoms with Crippen LogP contribution in [-0.4, -0.2) is 65.0 Å². The Hall–Kier alpha value is -2.86. The van der Waals surface area contributed by atoms with Gasteiger partial charge in [-0.05, 0) is 25.5 Å². The molecule has 7 nitrogen and oxygen atoms in total. The summed E-state index contributed by atoms with van der Waals surface area (Å²) in [5, 5.41) is 12.1. The van der Waals surface area contributed by atoms with E-state index in [2.05, 4.69) is 21.4 Å². The number of amides is 1. The van der Waals surface area contributed by atoms with E-state index in [4.69, 9.17) is 0 Å². The van der Waals surface area contributed by atoms with Gasteiger partial charge in [0.05, 0.1) is 29.9 Å². The van der Waals surface area contributed by atoms with Gasteiger partial charge < -0.3 is 10.2 Å². The van der Waals surface area contributed by atoms with Crippen molar-refractivity contribution in [3.05, 3.63) is 30.1 Å². The second-order valence-electron chi connectivity index (χ2n) is 7.71. The van der Waals surface area contributed by atoms with Crippen molar-refractivity contribution < 1.29 is 13.6 Å². The van der Waals surface area contributed by atoms with Gasteiger partial charge in [0.1, 0.15) is 17.1 Å². The lowest BCUT2D eigenvalue weighted by Crippen LogP contribution is -2.59. The van der Waals surface area contributed by atoms with Gasteiger partial charge in [-0.1, -0.05) is 0 Å². The van der Waals surface area contributed by atoms with Crippen LogP contribution in [0.4, 0.5) is 14.5 Å². The molecule has 0 aliphatic carbocycles. The van der Waals surface area contributed by atoms with Gasteiger partial charge in [-0.25, -0.2) is 8.78 Å². The summed E-state index contributed by atoms with van der Waals surface area (Å²) in [6, 6.07) is 4.24. The predicted octanol–water partition coefficient (Wildman–Crippen LogP) is 1.93. The molecular formula is C20H22F2N6O. The van der Waals surface area contributed by atoms with Crippen molar-refractivity contribution in [1.82, 2.24) is 20.2 Å². The predicted molar refractivity (Wildman–Crippen MR) is 104 cm³/mol. The topological polar surface area (TPSA) is 85.2 Å². The Kier molecular flexibility index (Phi) is 5.04. The molecule has 9 heteroatoms. The van der Waals surface area contributed by atoms with Gasteiger partial charge in [0.25, 0.3) is 5.92 Å². The number of nitrogens with zero attached hydrogens (tertiary/aromatic N) is 5. The maximum absolute atomic E-state index is 14.5. The number of hydrogen-bond acceptors (Lipinski definition) is 6. The highest BCUT2D eigenvalue weighted by Gasteiger charge is 2.42. The van der Waals surface area contributed by atoms with E-state index in [0.717, 1.165) is 19.5 Å². The van der Waals surface area contributed by atoms with Crippen LogP contribution in [-0.2, 0) is 4.79 Å². The molecule has 1 aromatic heterocycles. The number of anilines is 1. The molecule has 2 aromatic rings. The van der Waals surface area contributed by atoms with Crippen LogP contribution in [0.15, 0.2) is 24.5 Å². The van der Waals surface area contributed by atoms with Crippen LogP contribution in [0.3, 0.4) is 0 Å². The van der Waals surface area contributed by atoms with Crippen LogP contribution in [0, 0.1) is 11.3 Å². The van der Waals surface area contributed by atoms with Crippen LogP contribution in [0.5, 0.6) is 0 Å². The number of hydrogen-bond donors (Lipinski definition) is 1. The Morgan fingerprint density at radius 1 is 1.31 bits per heavy atom. The molecule has 29 heavy (non-hydrogen) atoms. The zero-order valence-corrected chi connectivity index (χ0v) is 16.1. The zero-order valence-electron chi connectivity index (χ0n) is 16.1. The lowest BCUT2D eigenvalue weighted by Gasteiger charge is -2.41. The molecule has 2 aliphatic rings. The van der Waals surface area contributed by atoms with Gasteiger partial charge in [0.2, 0.25) is 5.91 Å². The summed E-state index contributed by atoms with van der Waals surface area (Å²) in [6.07, 6.45) is 3.60. The van der Waals surface area contributed by atoms with E-state index in [1.54, 1.807) is 19.1 Å². The quantitative estimate of drug-likeness (QED) is 0.844. The lowest BCUT2D eigenvalue weighted by molar-refractivity contribution is -0.128. The summed E-state index contributed by atoms with van der Waals surface area (Å²) in [6.45, 7) is 3.29. The average molecular weight is 400 g/mol. The highest BCUT2D eigenvalue weighted by molar-refractivity contribution is 5.92. The van der Waals surface area contributed by atoms with Gasteiger partial charge in [0, 0.05) is 38.4 Å². The van der Waals surface area contributed by atoms with Gasteiger partial charge in [-0.3, -0.25) is 19.7 Å². The fourth-order valence-electron chi connectivity index (χ4n) is 3.98. The first-order valence-electron chi connectivity index (χ1n) is 9.69. The van der Waals surface area contributed by atoms with E-state index in [1.807, 2.05) is 4.90 Å². The van der Waals surface area contributed by atoms with Gasteiger partial charge in [-0.15, -0.1) is 0 Å². The van der Waals surface area contributed by atoms with Crippen molar-refractivity contribution in [2.45, 2.75) is 37.8 Å². The summed E-state index contributed by atoms with van der Waals surface area (Å²) < 4.78 is 29.1. The number of benzene rings is 1. The number of halogens is 2. The summed E-state index contributed by atoms with van der Waals surface area (Å²) in [5.74, 6) is -3.18. The van der Waals surface area contributed by atoms with E-state index < -0.39 is 24.9 Å². The molecular weight excluding hydrogens is 378 g/mol. The molecule has 2 fully saturated rings. The maximum atomic E-state index is 14.5. The van der Waals surface area contributed by atoms with E-state index in [1.165, 1.54) is 17.3 Å². The van der Waals surface area contributed by atoms with Crippen molar-refractivity contribution in [3.63, 3.8) is 0 Å². The number of aromatic nitrogens is 2. The minimum Gasteiger partial charge on any atom is -0.362 e. The average Bonchev–Trinajstić information content (AvgIpc) is 2.64. The Bertz CT molecular complexity index is 971. The normalized spacial score (nSPS) is 22.6. The Morgan fingerprint density at radius 2 is 2.03 bits per heavy atom. The highest BCUT2D eigenvalue weighted by Crippen LogP contribution is 2.34. The molecule has 0 bridgehead atoms. The number of piperidine rings is 1. The van der Waals surface area contributed by atoms with Crippen LogP contribution < -0.4 is 10.2 Å². The van der Waals surface area contributed by atoms with Crippen LogP contribution in [0.2, 0.25) is 0 Å². The van der Waals surface area contributed by atoms with Gasteiger partial charge in [0.15, 0.2) is 0 Å². The number of fused-ring (bicyclic) bond motifs is 1. The third kappa shape index (κ3) is 3.85. The maximum Gasteiger partial charge on any atom is 0.267 e. The molecule has 2 atom stereocenters. The molecule has 152 valence electrons. The molecule has 4 rings (SSSR count). The molecule has 0 spiro atoms. The summed E-state index contributed by atoms with van der Waals surface area (Å²) in [7, 11) is 0. The first-order chi connectivity index (χ1) is 13.9. The monoisotopic (exact) mass is 400 g/mol. The Morgan fingerprint density at radius 3 is 2.69 bits per heavy atom. The van der Waals surface area contributed by atoms with E-state index in [9.17, 15) is 18.8 Å². The van der Waals surface area contributed by atoms with E-state index in [-0.39, 0.29) is 18.5 Å². The summed E-state index contributed by atoms with van der Waals surface area (Å²) in [4.78, 5) is 24.5. The zero-order chi connectivity index (χ0) is 20.6. The van der Waals surface area contributed by atoms with Crippen LogP contribution in [0.25, 0.3) is 11.0 Å². The van der Waals surface area contributed by atoms with Crippen LogP contribution in [0.1, 0.15) is 25.3 Å². The Labute approximate surface area is 167 Å². The first-order valence-corrected chi connectivity index (χ1v) is 9.69. The number of rotatable bonds is 4. The molecule has 1 N–H and O–H groups in total. The fourth-order valence-corrected chi connectivity index (χ4v) is 3.98. The molecule has 1 unspecified atom stereocenters. The van der Waals surface area contributed by atoms with Gasteiger partial charge >= 0.3 is 0 Å². The van der Waals surface area contributed by atoms with Crippen molar-refractivity contribution in [3.8, 4) is 6.07 Å². The second-order valence-corrected chi connectivity index (χ2v) is 7.71. The highest BCUT2D eigenvalue weighted by atomic mass is 19.3. The second kappa shape index (κ2) is 7.52. The standard InChI is InChI=1S/C20H22F2N6O/c1-13(27-7-2-8-27)19(29)26-15-9-20(21,22)12-28(11-15)16-4-3-14(10-23)17-18(16)25-6-5-24-17/h3-6,13,15H,2,7-9,11-12H2,1H3,(H,26,29)/t13?,15-/m1/s1.